The number of hydrogen-bond donors (Lipinski definition) is 2. The highest BCUT2D eigenvalue weighted by atomic mass is 16.1. The van der Waals surface area contributed by atoms with E-state index in [0.717, 1.165) is 37.9 Å². The van der Waals surface area contributed by atoms with Crippen LogP contribution in [0.4, 0.5) is 5.95 Å². The maximum Gasteiger partial charge on any atom is 0.270 e. The van der Waals surface area contributed by atoms with Gasteiger partial charge in [0.1, 0.15) is 5.69 Å². The van der Waals surface area contributed by atoms with Crippen molar-refractivity contribution in [3.63, 3.8) is 0 Å². The first-order chi connectivity index (χ1) is 12.2. The topological polar surface area (TPSA) is 66.9 Å². The van der Waals surface area contributed by atoms with Crippen molar-refractivity contribution in [2.45, 2.75) is 51.5 Å². The Labute approximate surface area is 149 Å². The van der Waals surface area contributed by atoms with E-state index in [4.69, 9.17) is 0 Å². The predicted molar refractivity (Wildman–Crippen MR) is 99.7 cm³/mol. The minimum absolute atomic E-state index is 0.0928. The summed E-state index contributed by atoms with van der Waals surface area (Å²) in [5.41, 5.74) is 2.58. The number of aromatic nitrogens is 2. The first-order valence-electron chi connectivity index (χ1n) is 9.15. The van der Waals surface area contributed by atoms with Crippen LogP contribution in [0.2, 0.25) is 0 Å². The average Bonchev–Trinajstić information content (AvgIpc) is 3.12. The van der Waals surface area contributed by atoms with Crippen LogP contribution in [0.5, 0.6) is 0 Å². The van der Waals surface area contributed by atoms with Crippen molar-refractivity contribution in [3.8, 4) is 0 Å². The van der Waals surface area contributed by atoms with E-state index in [9.17, 15) is 4.79 Å². The Kier molecular flexibility index (Phi) is 5.99. The molecule has 1 saturated carbocycles. The maximum atomic E-state index is 12.4. The predicted octanol–water partition coefficient (Wildman–Crippen LogP) is 3.50. The highest BCUT2D eigenvalue weighted by Crippen LogP contribution is 2.18. The van der Waals surface area contributed by atoms with Crippen LogP contribution < -0.4 is 10.6 Å². The molecule has 3 rings (SSSR count). The molecule has 5 nitrogen and oxygen atoms in total. The molecular formula is C20H26N4O. The molecule has 1 aliphatic rings. The van der Waals surface area contributed by atoms with Gasteiger partial charge in [0.15, 0.2) is 0 Å². The number of nitrogens with zero attached hydrogens (tertiary/aromatic N) is 2. The van der Waals surface area contributed by atoms with Crippen LogP contribution >= 0.6 is 0 Å². The summed E-state index contributed by atoms with van der Waals surface area (Å²) in [4.78, 5) is 21.2. The summed E-state index contributed by atoms with van der Waals surface area (Å²) >= 11 is 0. The minimum atomic E-state index is -0.0928. The maximum absolute atomic E-state index is 12.4. The number of hydrogen-bond acceptors (Lipinski definition) is 4. The van der Waals surface area contributed by atoms with Crippen LogP contribution in [0.1, 0.15) is 53.8 Å². The van der Waals surface area contributed by atoms with Gasteiger partial charge in [0.2, 0.25) is 5.95 Å². The zero-order valence-electron chi connectivity index (χ0n) is 14.8. The van der Waals surface area contributed by atoms with E-state index < -0.39 is 0 Å². The zero-order chi connectivity index (χ0) is 17.5. The van der Waals surface area contributed by atoms with Crippen LogP contribution in [-0.4, -0.2) is 28.5 Å². The lowest BCUT2D eigenvalue weighted by molar-refractivity contribution is 0.0932. The second-order valence-electron chi connectivity index (χ2n) is 6.69. The average molecular weight is 338 g/mol. The SMILES string of the molecule is Cc1cc(C(=O)NC2CCCC2)nc(NCCCc2ccccc2)n1. The van der Waals surface area contributed by atoms with Crippen molar-refractivity contribution in [1.82, 2.24) is 15.3 Å². The van der Waals surface area contributed by atoms with Gasteiger partial charge in [0, 0.05) is 18.3 Å². The molecule has 1 aromatic carbocycles. The summed E-state index contributed by atoms with van der Waals surface area (Å²) in [6.45, 7) is 2.67. The van der Waals surface area contributed by atoms with Gasteiger partial charge < -0.3 is 10.6 Å². The van der Waals surface area contributed by atoms with Gasteiger partial charge in [-0.2, -0.15) is 0 Å². The quantitative estimate of drug-likeness (QED) is 0.758. The zero-order valence-corrected chi connectivity index (χ0v) is 14.8. The van der Waals surface area contributed by atoms with Crippen molar-refractivity contribution < 1.29 is 4.79 Å². The molecule has 0 aliphatic heterocycles. The van der Waals surface area contributed by atoms with Crippen molar-refractivity contribution >= 4 is 11.9 Å². The Balaban J connectivity index is 1.52. The molecule has 1 heterocycles. The Morgan fingerprint density at radius 3 is 2.68 bits per heavy atom. The van der Waals surface area contributed by atoms with E-state index in [1.165, 1.54) is 18.4 Å². The fourth-order valence-corrected chi connectivity index (χ4v) is 3.23. The number of aryl methyl sites for hydroxylation is 2. The Hall–Kier alpha value is -2.43. The lowest BCUT2D eigenvalue weighted by Crippen LogP contribution is -2.33. The number of benzene rings is 1. The van der Waals surface area contributed by atoms with Gasteiger partial charge in [0.25, 0.3) is 5.91 Å². The van der Waals surface area contributed by atoms with E-state index in [1.807, 2.05) is 13.0 Å². The molecule has 2 aromatic rings. The number of anilines is 1. The van der Waals surface area contributed by atoms with Crippen LogP contribution in [0.15, 0.2) is 36.4 Å². The van der Waals surface area contributed by atoms with Gasteiger partial charge in [0.05, 0.1) is 0 Å². The van der Waals surface area contributed by atoms with Gasteiger partial charge in [-0.3, -0.25) is 4.79 Å². The third kappa shape index (κ3) is 5.28. The summed E-state index contributed by atoms with van der Waals surface area (Å²) in [6, 6.07) is 12.5. The molecule has 0 unspecified atom stereocenters. The minimum Gasteiger partial charge on any atom is -0.354 e. The monoisotopic (exact) mass is 338 g/mol. The normalized spacial score (nSPS) is 14.4. The number of amides is 1. The molecular weight excluding hydrogens is 312 g/mol. The van der Waals surface area contributed by atoms with E-state index >= 15 is 0 Å². The van der Waals surface area contributed by atoms with E-state index in [2.05, 4.69) is 44.9 Å². The molecule has 2 N–H and O–H groups in total. The van der Waals surface area contributed by atoms with Crippen LogP contribution in [0.3, 0.4) is 0 Å². The van der Waals surface area contributed by atoms with Crippen molar-refractivity contribution in [2.75, 3.05) is 11.9 Å². The molecule has 1 fully saturated rings. The lowest BCUT2D eigenvalue weighted by Gasteiger charge is -2.12. The number of carbonyl (C=O) groups is 1. The fraction of sp³-hybridized carbons (Fsp3) is 0.450. The first kappa shape index (κ1) is 17.4. The number of nitrogens with one attached hydrogen (secondary N) is 2. The highest BCUT2D eigenvalue weighted by molar-refractivity contribution is 5.92. The molecule has 132 valence electrons. The standard InChI is InChI=1S/C20H26N4O/c1-15-14-18(19(25)23-17-11-5-6-12-17)24-20(22-15)21-13-7-10-16-8-3-2-4-9-16/h2-4,8-9,14,17H,5-7,10-13H2,1H3,(H,23,25)(H,21,22,24). The summed E-state index contributed by atoms with van der Waals surface area (Å²) in [5.74, 6) is 0.439. The van der Waals surface area contributed by atoms with Gasteiger partial charge in [-0.25, -0.2) is 9.97 Å². The Morgan fingerprint density at radius 2 is 1.92 bits per heavy atom. The van der Waals surface area contributed by atoms with Gasteiger partial charge in [-0.1, -0.05) is 43.2 Å². The molecule has 0 spiro atoms. The molecule has 0 atom stereocenters. The lowest BCUT2D eigenvalue weighted by atomic mass is 10.1. The molecule has 1 aromatic heterocycles. The first-order valence-corrected chi connectivity index (χ1v) is 9.15. The molecule has 25 heavy (non-hydrogen) atoms. The summed E-state index contributed by atoms with van der Waals surface area (Å²) in [5, 5.41) is 6.32. The van der Waals surface area contributed by atoms with E-state index in [1.54, 1.807) is 6.07 Å². The molecule has 1 amide bonds. The van der Waals surface area contributed by atoms with Gasteiger partial charge >= 0.3 is 0 Å². The Morgan fingerprint density at radius 1 is 1.16 bits per heavy atom. The molecule has 0 radical (unpaired) electrons. The van der Waals surface area contributed by atoms with Crippen LogP contribution in [0.25, 0.3) is 0 Å². The fourth-order valence-electron chi connectivity index (χ4n) is 3.23. The van der Waals surface area contributed by atoms with Crippen LogP contribution in [0, 0.1) is 6.92 Å². The third-order valence-electron chi connectivity index (χ3n) is 4.55. The van der Waals surface area contributed by atoms with Gasteiger partial charge in [-0.15, -0.1) is 0 Å². The largest absolute Gasteiger partial charge is 0.354 e. The third-order valence-corrected chi connectivity index (χ3v) is 4.55. The second kappa shape index (κ2) is 8.60. The van der Waals surface area contributed by atoms with Crippen molar-refractivity contribution in [2.24, 2.45) is 0 Å². The summed E-state index contributed by atoms with van der Waals surface area (Å²) < 4.78 is 0. The summed E-state index contributed by atoms with van der Waals surface area (Å²) in [6.07, 6.45) is 6.53. The second-order valence-corrected chi connectivity index (χ2v) is 6.69. The van der Waals surface area contributed by atoms with Gasteiger partial charge in [-0.05, 0) is 44.2 Å². The number of rotatable bonds is 7. The van der Waals surface area contributed by atoms with Crippen LogP contribution in [-0.2, 0) is 6.42 Å². The van der Waals surface area contributed by atoms with Crippen molar-refractivity contribution in [3.05, 3.63) is 53.3 Å². The molecule has 5 heteroatoms. The molecule has 1 aliphatic carbocycles. The Bertz CT molecular complexity index is 696. The van der Waals surface area contributed by atoms with E-state index in [-0.39, 0.29) is 5.91 Å². The van der Waals surface area contributed by atoms with E-state index in [0.29, 0.717) is 17.7 Å². The molecule has 0 bridgehead atoms. The van der Waals surface area contributed by atoms with Crippen molar-refractivity contribution in [1.29, 1.82) is 0 Å². The summed E-state index contributed by atoms with van der Waals surface area (Å²) in [7, 11) is 0. The molecule has 0 saturated heterocycles. The number of carbonyl (C=O) groups excluding carboxylic acids is 1. The smallest absolute Gasteiger partial charge is 0.270 e. The highest BCUT2D eigenvalue weighted by Gasteiger charge is 2.19.